The van der Waals surface area contributed by atoms with E-state index in [0.29, 0.717) is 57.8 Å². The molecular formula is C40H54N6O6S. The molecule has 3 saturated heterocycles. The molecule has 6 rings (SSSR count). The number of likely N-dealkylation sites (tertiary alicyclic amines) is 1. The maximum atomic E-state index is 14.2. The average Bonchev–Trinajstić information content (AvgIpc) is 3.29. The molecule has 2 aromatic carbocycles. The van der Waals surface area contributed by atoms with Gasteiger partial charge in [-0.05, 0) is 69.6 Å². The predicted molar refractivity (Wildman–Crippen MR) is 207 cm³/mol. The molecule has 0 aromatic heterocycles. The lowest BCUT2D eigenvalue weighted by Gasteiger charge is -2.38. The number of hydrogen-bond donors (Lipinski definition) is 1. The Morgan fingerprint density at radius 3 is 2.26 bits per heavy atom. The molecule has 2 aromatic rings. The maximum Gasteiger partial charge on any atom is 0.410 e. The summed E-state index contributed by atoms with van der Waals surface area (Å²) in [4.78, 5) is 76.2. The summed E-state index contributed by atoms with van der Waals surface area (Å²) in [6.07, 6.45) is 2.50. The fourth-order valence-electron chi connectivity index (χ4n) is 7.45. The predicted octanol–water partition coefficient (Wildman–Crippen LogP) is 6.12. The third-order valence-electron chi connectivity index (χ3n) is 10.4. The highest BCUT2D eigenvalue weighted by Gasteiger charge is 2.45. The summed E-state index contributed by atoms with van der Waals surface area (Å²) in [5.41, 5.74) is 2.85. The molecule has 2 atom stereocenters. The van der Waals surface area contributed by atoms with Gasteiger partial charge in [-0.2, -0.15) is 0 Å². The van der Waals surface area contributed by atoms with Crippen LogP contribution in [0.15, 0.2) is 48.5 Å². The standard InChI is InChI=1S/C40H54N6O6S/c1-39(2,3)18-22-46-35(49)32(25-33(47)42-19-16-28(17-20-42)44-21-15-27-11-7-9-13-30(27)41-37(44)50)53-36(46)29-12-8-10-14-31(29)45-24-23-43(26-34(45)48)38(51)52-40(4,5)6/h7-14,28,32,36H,15-26H2,1-6H3,(H,41,50)/t32-,36?/m0/s1. The van der Waals surface area contributed by atoms with Crippen LogP contribution >= 0.6 is 11.8 Å². The molecule has 6 amide bonds. The van der Waals surface area contributed by atoms with Gasteiger partial charge in [-0.1, -0.05) is 57.2 Å². The zero-order valence-electron chi connectivity index (χ0n) is 31.9. The van der Waals surface area contributed by atoms with Gasteiger partial charge in [0.05, 0.1) is 5.25 Å². The molecule has 0 radical (unpaired) electrons. The van der Waals surface area contributed by atoms with Crippen molar-refractivity contribution in [3.05, 3.63) is 59.7 Å². The van der Waals surface area contributed by atoms with Crippen LogP contribution in [0.2, 0.25) is 0 Å². The Labute approximate surface area is 317 Å². The summed E-state index contributed by atoms with van der Waals surface area (Å²) in [5, 5.41) is 2.11. The molecular weight excluding hydrogens is 693 g/mol. The fourth-order valence-corrected chi connectivity index (χ4v) is 8.96. The Kier molecular flexibility index (Phi) is 11.3. The van der Waals surface area contributed by atoms with Gasteiger partial charge in [0.15, 0.2) is 0 Å². The number of ether oxygens (including phenoxy) is 1. The Balaban J connectivity index is 1.12. The number of nitrogens with one attached hydrogen (secondary N) is 1. The Morgan fingerprint density at radius 1 is 0.868 bits per heavy atom. The van der Waals surface area contributed by atoms with Crippen molar-refractivity contribution in [2.24, 2.45) is 5.41 Å². The minimum absolute atomic E-state index is 0.0196. The average molecular weight is 747 g/mol. The van der Waals surface area contributed by atoms with E-state index in [2.05, 4.69) is 26.1 Å². The molecule has 0 aliphatic carbocycles. The quantitative estimate of drug-likeness (QED) is 0.362. The van der Waals surface area contributed by atoms with Gasteiger partial charge in [0, 0.05) is 68.7 Å². The second kappa shape index (κ2) is 15.6. The second-order valence-electron chi connectivity index (χ2n) is 16.7. The largest absolute Gasteiger partial charge is 0.444 e. The number of urea groups is 1. The molecule has 1 N–H and O–H groups in total. The molecule has 1 unspecified atom stereocenters. The lowest BCUT2D eigenvalue weighted by atomic mass is 9.92. The third-order valence-corrected chi connectivity index (χ3v) is 11.8. The van der Waals surface area contributed by atoms with E-state index in [1.807, 2.05) is 63.2 Å². The number of fused-ring (bicyclic) bond motifs is 1. The molecule has 4 aliphatic rings. The van der Waals surface area contributed by atoms with Crippen molar-refractivity contribution in [3.63, 3.8) is 0 Å². The number of nitrogens with zero attached hydrogens (tertiary/aromatic N) is 5. The number of carbonyl (C=O) groups is 5. The van der Waals surface area contributed by atoms with Crippen molar-refractivity contribution in [1.29, 1.82) is 0 Å². The number of hydrogen-bond acceptors (Lipinski definition) is 7. The SMILES string of the molecule is CC(C)(C)CCN1C(=O)[C@H](CC(=O)N2CCC(N3CCc4ccccc4NC3=O)CC2)SC1c1ccccc1N1CCN(C(=O)OC(C)(C)C)CC1=O. The van der Waals surface area contributed by atoms with Crippen LogP contribution in [0.1, 0.15) is 83.7 Å². The van der Waals surface area contributed by atoms with Crippen LogP contribution in [-0.4, -0.2) is 112 Å². The molecule has 12 nitrogen and oxygen atoms in total. The van der Waals surface area contributed by atoms with E-state index in [1.165, 1.54) is 16.7 Å². The number of thioether (sulfide) groups is 1. The minimum atomic E-state index is -0.667. The summed E-state index contributed by atoms with van der Waals surface area (Å²) >= 11 is 1.48. The first-order valence-corrected chi connectivity index (χ1v) is 19.8. The monoisotopic (exact) mass is 746 g/mol. The zero-order valence-corrected chi connectivity index (χ0v) is 32.7. The molecule has 0 saturated carbocycles. The Bertz CT molecular complexity index is 1710. The van der Waals surface area contributed by atoms with Gasteiger partial charge in [-0.3, -0.25) is 19.3 Å². The molecule has 0 bridgehead atoms. The highest BCUT2D eigenvalue weighted by Crippen LogP contribution is 2.48. The van der Waals surface area contributed by atoms with Crippen LogP contribution in [0.3, 0.4) is 0 Å². The number of piperazine rings is 1. The second-order valence-corrected chi connectivity index (χ2v) is 18.0. The van der Waals surface area contributed by atoms with E-state index in [9.17, 15) is 24.0 Å². The van der Waals surface area contributed by atoms with E-state index in [1.54, 1.807) is 25.7 Å². The third kappa shape index (κ3) is 9.10. The van der Waals surface area contributed by atoms with E-state index in [-0.39, 0.29) is 53.5 Å². The van der Waals surface area contributed by atoms with E-state index in [0.717, 1.165) is 29.7 Å². The van der Waals surface area contributed by atoms with Crippen molar-refractivity contribution in [2.45, 2.75) is 95.9 Å². The van der Waals surface area contributed by atoms with Crippen LogP contribution in [0.4, 0.5) is 21.0 Å². The number of amides is 6. The van der Waals surface area contributed by atoms with Gasteiger partial charge in [-0.15, -0.1) is 11.8 Å². The van der Waals surface area contributed by atoms with Crippen LogP contribution in [0.25, 0.3) is 0 Å². The van der Waals surface area contributed by atoms with Crippen LogP contribution in [-0.2, 0) is 25.5 Å². The zero-order chi connectivity index (χ0) is 38.1. The molecule has 4 aliphatic heterocycles. The first kappa shape index (κ1) is 38.5. The van der Waals surface area contributed by atoms with Gasteiger partial charge >= 0.3 is 12.1 Å². The maximum absolute atomic E-state index is 14.2. The Morgan fingerprint density at radius 2 is 1.57 bits per heavy atom. The topological polar surface area (TPSA) is 123 Å². The van der Waals surface area contributed by atoms with Gasteiger partial charge in [0.25, 0.3) is 0 Å². The van der Waals surface area contributed by atoms with Gasteiger partial charge < -0.3 is 29.7 Å². The van der Waals surface area contributed by atoms with Crippen LogP contribution in [0.5, 0.6) is 0 Å². The highest BCUT2D eigenvalue weighted by atomic mass is 32.2. The highest BCUT2D eigenvalue weighted by molar-refractivity contribution is 8.01. The summed E-state index contributed by atoms with van der Waals surface area (Å²) in [6, 6.07) is 15.5. The van der Waals surface area contributed by atoms with Crippen molar-refractivity contribution in [1.82, 2.24) is 19.6 Å². The smallest absolute Gasteiger partial charge is 0.410 e. The lowest BCUT2D eigenvalue weighted by molar-refractivity contribution is -0.137. The van der Waals surface area contributed by atoms with Crippen molar-refractivity contribution in [3.8, 4) is 0 Å². The van der Waals surface area contributed by atoms with E-state index < -0.39 is 16.9 Å². The molecule has 3 fully saturated rings. The first-order valence-electron chi connectivity index (χ1n) is 18.8. The number of piperidine rings is 1. The number of benzene rings is 2. The number of rotatable bonds is 7. The van der Waals surface area contributed by atoms with Crippen molar-refractivity contribution in [2.75, 3.05) is 56.0 Å². The lowest BCUT2D eigenvalue weighted by Crippen LogP contribution is -2.53. The van der Waals surface area contributed by atoms with E-state index >= 15 is 0 Å². The summed E-state index contributed by atoms with van der Waals surface area (Å²) in [5.74, 6) is -0.341. The number of carbonyl (C=O) groups excluding carboxylic acids is 5. The van der Waals surface area contributed by atoms with Crippen molar-refractivity contribution < 1.29 is 28.7 Å². The van der Waals surface area contributed by atoms with Gasteiger partial charge in [-0.25, -0.2) is 9.59 Å². The Hall–Kier alpha value is -4.26. The molecule has 53 heavy (non-hydrogen) atoms. The molecule has 13 heteroatoms. The molecule has 0 spiro atoms. The summed E-state index contributed by atoms with van der Waals surface area (Å²) in [7, 11) is 0. The van der Waals surface area contributed by atoms with Crippen molar-refractivity contribution >= 4 is 53.0 Å². The first-order chi connectivity index (χ1) is 25.1. The molecule has 4 heterocycles. The molecule has 286 valence electrons. The van der Waals surface area contributed by atoms with Crippen LogP contribution in [0, 0.1) is 5.41 Å². The number of para-hydroxylation sites is 2. The summed E-state index contributed by atoms with van der Waals surface area (Å²) in [6.45, 7) is 14.6. The van der Waals surface area contributed by atoms with Gasteiger partial charge in [0.2, 0.25) is 17.7 Å². The normalized spacial score (nSPS) is 21.8. The fraction of sp³-hybridized carbons (Fsp3) is 0.575. The minimum Gasteiger partial charge on any atom is -0.444 e. The van der Waals surface area contributed by atoms with Gasteiger partial charge in [0.1, 0.15) is 17.5 Å². The van der Waals surface area contributed by atoms with E-state index in [4.69, 9.17) is 4.74 Å². The number of anilines is 2. The van der Waals surface area contributed by atoms with Crippen LogP contribution < -0.4 is 10.2 Å². The summed E-state index contributed by atoms with van der Waals surface area (Å²) < 4.78 is 5.51.